The minimum atomic E-state index is 0.310. The predicted octanol–water partition coefficient (Wildman–Crippen LogP) is 3.85. The highest BCUT2D eigenvalue weighted by Crippen LogP contribution is 2.25. The normalized spacial score (nSPS) is 12.6. The van der Waals surface area contributed by atoms with Gasteiger partial charge in [-0.05, 0) is 37.6 Å². The summed E-state index contributed by atoms with van der Waals surface area (Å²) in [4.78, 5) is 1.06. The van der Waals surface area contributed by atoms with Crippen molar-refractivity contribution in [3.05, 3.63) is 42.2 Å². The molecule has 1 N–H and O–H groups in total. The van der Waals surface area contributed by atoms with E-state index in [2.05, 4.69) is 25.0 Å². The first-order valence-corrected chi connectivity index (χ1v) is 7.13. The number of rotatable bonds is 5. The Balaban J connectivity index is 1.96. The van der Waals surface area contributed by atoms with Crippen molar-refractivity contribution in [2.24, 2.45) is 0 Å². The Bertz CT molecular complexity index is 510. The summed E-state index contributed by atoms with van der Waals surface area (Å²) in [6.07, 6.45) is 3.12. The number of aromatic nitrogens is 2. The van der Waals surface area contributed by atoms with E-state index in [1.807, 2.05) is 23.0 Å². The van der Waals surface area contributed by atoms with Crippen molar-refractivity contribution in [1.29, 1.82) is 0 Å². The molecule has 0 fully saturated rings. The molecular weight excluding hydrogens is 244 g/mol. The average molecular weight is 262 g/mol. The fourth-order valence-corrected chi connectivity index (χ4v) is 2.46. The van der Waals surface area contributed by atoms with Crippen LogP contribution in [-0.4, -0.2) is 14.9 Å². The maximum atomic E-state index is 9.39. The van der Waals surface area contributed by atoms with Crippen molar-refractivity contribution >= 4 is 11.8 Å². The van der Waals surface area contributed by atoms with Gasteiger partial charge in [-0.2, -0.15) is 5.10 Å². The van der Waals surface area contributed by atoms with E-state index in [0.717, 1.165) is 22.8 Å². The van der Waals surface area contributed by atoms with Crippen molar-refractivity contribution in [1.82, 2.24) is 9.78 Å². The van der Waals surface area contributed by atoms with Crippen LogP contribution < -0.4 is 0 Å². The lowest BCUT2D eigenvalue weighted by Gasteiger charge is -2.08. The van der Waals surface area contributed by atoms with Gasteiger partial charge in [0.05, 0.1) is 5.69 Å². The average Bonchev–Trinajstić information content (AvgIpc) is 2.84. The van der Waals surface area contributed by atoms with E-state index in [1.54, 1.807) is 23.9 Å². The molecule has 1 heterocycles. The van der Waals surface area contributed by atoms with Gasteiger partial charge in [-0.15, -0.1) is 11.8 Å². The minimum absolute atomic E-state index is 0.310. The molecule has 2 aromatic rings. The zero-order valence-corrected chi connectivity index (χ0v) is 11.5. The van der Waals surface area contributed by atoms with Gasteiger partial charge < -0.3 is 5.11 Å². The van der Waals surface area contributed by atoms with Gasteiger partial charge in [-0.25, -0.2) is 0 Å². The van der Waals surface area contributed by atoms with Gasteiger partial charge in [0.2, 0.25) is 0 Å². The Labute approximate surface area is 112 Å². The van der Waals surface area contributed by atoms with E-state index in [1.165, 1.54) is 0 Å². The van der Waals surface area contributed by atoms with E-state index in [4.69, 9.17) is 0 Å². The van der Waals surface area contributed by atoms with Gasteiger partial charge in [0.1, 0.15) is 5.75 Å². The van der Waals surface area contributed by atoms with Crippen molar-refractivity contribution in [3.8, 4) is 5.75 Å². The molecule has 3 nitrogen and oxygen atoms in total. The largest absolute Gasteiger partial charge is 0.508 e. The van der Waals surface area contributed by atoms with E-state index in [9.17, 15) is 5.11 Å². The van der Waals surface area contributed by atoms with Gasteiger partial charge in [0, 0.05) is 22.9 Å². The maximum absolute atomic E-state index is 9.39. The van der Waals surface area contributed by atoms with Gasteiger partial charge in [-0.1, -0.05) is 13.0 Å². The molecule has 0 saturated carbocycles. The molecule has 0 saturated heterocycles. The molecule has 96 valence electrons. The molecule has 0 radical (unpaired) electrons. The highest BCUT2D eigenvalue weighted by Gasteiger charge is 2.05. The smallest absolute Gasteiger partial charge is 0.116 e. The summed E-state index contributed by atoms with van der Waals surface area (Å²) in [6.45, 7) is 4.33. The number of hydrogen-bond donors (Lipinski definition) is 1. The Morgan fingerprint density at radius 3 is 2.94 bits per heavy atom. The molecular formula is C14H18N2OS. The number of benzene rings is 1. The Kier molecular flexibility index (Phi) is 4.31. The first-order chi connectivity index (χ1) is 8.69. The monoisotopic (exact) mass is 262 g/mol. The third-order valence-electron chi connectivity index (χ3n) is 2.91. The Hall–Kier alpha value is -1.42. The third kappa shape index (κ3) is 3.29. The lowest BCUT2D eigenvalue weighted by molar-refractivity contribution is 0.474. The van der Waals surface area contributed by atoms with E-state index < -0.39 is 0 Å². The summed E-state index contributed by atoms with van der Waals surface area (Å²) >= 11 is 1.68. The van der Waals surface area contributed by atoms with Crippen LogP contribution in [0.5, 0.6) is 5.75 Å². The molecule has 0 aliphatic heterocycles. The molecule has 0 spiro atoms. The Morgan fingerprint density at radius 1 is 1.39 bits per heavy atom. The fourth-order valence-electron chi connectivity index (χ4n) is 1.62. The number of phenolic OH excluding ortho intramolecular Hbond substituents is 1. The molecule has 0 aliphatic rings. The first-order valence-electron chi connectivity index (χ1n) is 6.15. The van der Waals surface area contributed by atoms with E-state index >= 15 is 0 Å². The summed E-state index contributed by atoms with van der Waals surface area (Å²) in [5.74, 6) is 1.14. The Morgan fingerprint density at radius 2 is 2.22 bits per heavy atom. The second-order valence-corrected chi connectivity index (χ2v) is 5.38. The predicted molar refractivity (Wildman–Crippen MR) is 74.9 cm³/mol. The van der Waals surface area contributed by atoms with Crippen LogP contribution in [-0.2, 0) is 5.75 Å². The summed E-state index contributed by atoms with van der Waals surface area (Å²) in [5, 5.41) is 13.9. The number of phenols is 1. The van der Waals surface area contributed by atoms with Crippen molar-refractivity contribution < 1.29 is 5.11 Å². The molecule has 1 unspecified atom stereocenters. The molecule has 2 rings (SSSR count). The van der Waals surface area contributed by atoms with Crippen LogP contribution in [0.2, 0.25) is 0 Å². The second-order valence-electron chi connectivity index (χ2n) is 4.33. The maximum Gasteiger partial charge on any atom is 0.116 e. The van der Waals surface area contributed by atoms with Gasteiger partial charge in [0.15, 0.2) is 0 Å². The number of nitrogens with zero attached hydrogens (tertiary/aromatic N) is 2. The highest BCUT2D eigenvalue weighted by molar-refractivity contribution is 7.98. The van der Waals surface area contributed by atoms with Crippen LogP contribution in [0.1, 0.15) is 32.0 Å². The zero-order valence-electron chi connectivity index (χ0n) is 10.7. The van der Waals surface area contributed by atoms with Crippen LogP contribution in [0.15, 0.2) is 41.4 Å². The molecule has 0 amide bonds. The van der Waals surface area contributed by atoms with Crippen molar-refractivity contribution in [3.63, 3.8) is 0 Å². The number of aromatic hydroxyl groups is 1. The third-order valence-corrected chi connectivity index (χ3v) is 3.94. The second kappa shape index (κ2) is 5.96. The standard InChI is InChI=1S/C14H18N2OS/c1-3-11(2)16-8-7-12(15-16)10-18-14-6-4-5-13(17)9-14/h4-9,11,17H,3,10H2,1-2H3. The van der Waals surface area contributed by atoms with Gasteiger partial charge in [-0.3, -0.25) is 4.68 Å². The molecule has 1 atom stereocenters. The lowest BCUT2D eigenvalue weighted by atomic mass is 10.3. The molecule has 4 heteroatoms. The SMILES string of the molecule is CCC(C)n1ccc(CSc2cccc(O)c2)n1. The summed E-state index contributed by atoms with van der Waals surface area (Å²) in [7, 11) is 0. The van der Waals surface area contributed by atoms with Crippen molar-refractivity contribution in [2.45, 2.75) is 37.0 Å². The number of thioether (sulfide) groups is 1. The zero-order chi connectivity index (χ0) is 13.0. The van der Waals surface area contributed by atoms with Crippen LogP contribution in [0.3, 0.4) is 0 Å². The lowest BCUT2D eigenvalue weighted by Crippen LogP contribution is -2.04. The molecule has 0 aliphatic carbocycles. The topological polar surface area (TPSA) is 38.0 Å². The van der Waals surface area contributed by atoms with Crippen molar-refractivity contribution in [2.75, 3.05) is 0 Å². The van der Waals surface area contributed by atoms with Crippen LogP contribution in [0.25, 0.3) is 0 Å². The van der Waals surface area contributed by atoms with E-state index in [-0.39, 0.29) is 0 Å². The van der Waals surface area contributed by atoms with Crippen LogP contribution >= 0.6 is 11.8 Å². The van der Waals surface area contributed by atoms with Crippen LogP contribution in [0.4, 0.5) is 0 Å². The highest BCUT2D eigenvalue weighted by atomic mass is 32.2. The van der Waals surface area contributed by atoms with Gasteiger partial charge in [0.25, 0.3) is 0 Å². The summed E-state index contributed by atoms with van der Waals surface area (Å²) in [5.41, 5.74) is 1.07. The molecule has 18 heavy (non-hydrogen) atoms. The van der Waals surface area contributed by atoms with Crippen LogP contribution in [0, 0.1) is 0 Å². The van der Waals surface area contributed by atoms with E-state index in [0.29, 0.717) is 11.8 Å². The quantitative estimate of drug-likeness (QED) is 0.832. The molecule has 1 aromatic heterocycles. The fraction of sp³-hybridized carbons (Fsp3) is 0.357. The molecule has 1 aromatic carbocycles. The van der Waals surface area contributed by atoms with Gasteiger partial charge >= 0.3 is 0 Å². The minimum Gasteiger partial charge on any atom is -0.508 e. The summed E-state index contributed by atoms with van der Waals surface area (Å²) in [6, 6.07) is 9.82. The summed E-state index contributed by atoms with van der Waals surface area (Å²) < 4.78 is 2.01. The first kappa shape index (κ1) is 13.0. The molecule has 0 bridgehead atoms. The number of hydrogen-bond acceptors (Lipinski definition) is 3.